The first-order valence-electron chi connectivity index (χ1n) is 11.5. The van der Waals surface area contributed by atoms with Gasteiger partial charge >= 0.3 is 0 Å². The molecule has 1 atom stereocenters. The summed E-state index contributed by atoms with van der Waals surface area (Å²) in [5.74, 6) is 0.582. The van der Waals surface area contributed by atoms with Crippen LogP contribution in [0.15, 0.2) is 46.8 Å². The van der Waals surface area contributed by atoms with E-state index in [-0.39, 0.29) is 12.0 Å². The Morgan fingerprint density at radius 3 is 2.63 bits per heavy atom. The van der Waals surface area contributed by atoms with Crippen LogP contribution in [0.2, 0.25) is 0 Å². The van der Waals surface area contributed by atoms with Crippen molar-refractivity contribution in [3.05, 3.63) is 47.6 Å². The molecule has 35 heavy (non-hydrogen) atoms. The van der Waals surface area contributed by atoms with Crippen molar-refractivity contribution in [2.45, 2.75) is 31.8 Å². The molecule has 3 N–H and O–H groups in total. The molecule has 0 radical (unpaired) electrons. The molecule has 0 saturated carbocycles. The van der Waals surface area contributed by atoms with E-state index in [0.717, 1.165) is 44.0 Å². The summed E-state index contributed by atoms with van der Waals surface area (Å²) in [6, 6.07) is 8.76. The Kier molecular flexibility index (Phi) is 8.11. The van der Waals surface area contributed by atoms with Crippen molar-refractivity contribution in [3.63, 3.8) is 0 Å². The Balaban J connectivity index is 1.47. The van der Waals surface area contributed by atoms with E-state index in [9.17, 15) is 9.00 Å². The summed E-state index contributed by atoms with van der Waals surface area (Å²) in [4.78, 5) is 26.6. The zero-order valence-electron chi connectivity index (χ0n) is 20.1. The lowest BCUT2D eigenvalue weighted by atomic mass is 10.2. The van der Waals surface area contributed by atoms with E-state index in [1.807, 2.05) is 30.2 Å². The number of likely N-dealkylation sites (N-methyl/N-ethyl adjacent to an activating group) is 1. The van der Waals surface area contributed by atoms with Crippen molar-refractivity contribution in [1.29, 1.82) is 0 Å². The Hall–Kier alpha value is -2.86. The van der Waals surface area contributed by atoms with Crippen LogP contribution in [-0.2, 0) is 11.0 Å². The number of nitrogens with two attached hydrogens (primary N) is 1. The molecule has 9 nitrogen and oxygen atoms in total. The van der Waals surface area contributed by atoms with Gasteiger partial charge in [0.25, 0.3) is 5.91 Å². The number of nitrogens with one attached hydrogen (secondary N) is 1. The number of hydrogen-bond donors (Lipinski definition) is 2. The van der Waals surface area contributed by atoms with Crippen LogP contribution < -0.4 is 15.2 Å². The topological polar surface area (TPSA) is 114 Å². The molecule has 2 aromatic heterocycles. The summed E-state index contributed by atoms with van der Waals surface area (Å²) in [6.07, 6.45) is 1.65. The zero-order valence-corrected chi connectivity index (χ0v) is 21.7. The second-order valence-corrected chi connectivity index (χ2v) is 10.4. The van der Waals surface area contributed by atoms with E-state index in [4.69, 9.17) is 9.88 Å². The first kappa shape index (κ1) is 25.2. The van der Waals surface area contributed by atoms with E-state index in [2.05, 4.69) is 27.1 Å². The predicted octanol–water partition coefficient (Wildman–Crippen LogP) is 3.49. The number of nitrogens with zero attached hydrogens (tertiary/aromatic N) is 4. The minimum absolute atomic E-state index is 0.0283. The van der Waals surface area contributed by atoms with Crippen LogP contribution in [0.4, 0.5) is 10.8 Å². The summed E-state index contributed by atoms with van der Waals surface area (Å²) >= 11 is 1.42. The number of thiazole rings is 1. The van der Waals surface area contributed by atoms with Crippen LogP contribution in [0.1, 0.15) is 31.3 Å². The Bertz CT molecular complexity index is 1190. The van der Waals surface area contributed by atoms with E-state index >= 15 is 0 Å². The van der Waals surface area contributed by atoms with Crippen LogP contribution in [0.5, 0.6) is 5.75 Å². The number of rotatable bonds is 8. The van der Waals surface area contributed by atoms with Gasteiger partial charge in [0, 0.05) is 43.3 Å². The average Bonchev–Trinajstić information content (AvgIpc) is 3.33. The molecular weight excluding hydrogens is 484 g/mol. The van der Waals surface area contributed by atoms with Gasteiger partial charge in [-0.05, 0) is 50.7 Å². The largest absolute Gasteiger partial charge is 0.489 e. The van der Waals surface area contributed by atoms with Gasteiger partial charge in [-0.25, -0.2) is 14.3 Å². The summed E-state index contributed by atoms with van der Waals surface area (Å²) in [6.45, 7) is 10.2. The summed E-state index contributed by atoms with van der Waals surface area (Å²) in [7, 11) is -1.61. The van der Waals surface area contributed by atoms with Gasteiger partial charge in [0.05, 0.1) is 22.4 Å². The van der Waals surface area contributed by atoms with Crippen LogP contribution >= 0.6 is 11.3 Å². The highest BCUT2D eigenvalue weighted by Crippen LogP contribution is 2.33. The Labute approximate surface area is 211 Å². The molecule has 0 spiro atoms. The minimum Gasteiger partial charge on any atom is -0.489 e. The number of piperazine rings is 1. The number of ether oxygens (including phenoxy) is 1. The van der Waals surface area contributed by atoms with Gasteiger partial charge in [-0.15, -0.1) is 11.3 Å². The van der Waals surface area contributed by atoms with Gasteiger partial charge in [-0.1, -0.05) is 6.92 Å². The summed E-state index contributed by atoms with van der Waals surface area (Å²) < 4.78 is 17.6. The summed E-state index contributed by atoms with van der Waals surface area (Å²) in [5.41, 5.74) is 2.63. The molecule has 1 aromatic carbocycles. The fourth-order valence-electron chi connectivity index (χ4n) is 3.77. The molecule has 1 saturated heterocycles. The Morgan fingerprint density at radius 1 is 1.23 bits per heavy atom. The lowest BCUT2D eigenvalue weighted by Crippen LogP contribution is -2.48. The fraction of sp³-hybridized carbons (Fsp3) is 0.375. The number of carbonyl (C=O) groups excluding carboxylic acids is 1. The molecule has 11 heteroatoms. The van der Waals surface area contributed by atoms with Crippen molar-refractivity contribution in [1.82, 2.24) is 19.8 Å². The molecule has 1 aliphatic rings. The average molecular weight is 515 g/mol. The van der Waals surface area contributed by atoms with Gasteiger partial charge < -0.3 is 19.9 Å². The second-order valence-electron chi connectivity index (χ2n) is 8.44. The normalized spacial score (nSPS) is 15.3. The summed E-state index contributed by atoms with van der Waals surface area (Å²) in [5, 5.41) is 11.4. The van der Waals surface area contributed by atoms with Gasteiger partial charge in [0.15, 0.2) is 5.13 Å². The fourth-order valence-corrected chi connectivity index (χ4v) is 4.94. The monoisotopic (exact) mass is 514 g/mol. The van der Waals surface area contributed by atoms with E-state index in [1.54, 1.807) is 30.5 Å². The van der Waals surface area contributed by atoms with Crippen molar-refractivity contribution in [2.75, 3.05) is 38.0 Å². The predicted molar refractivity (Wildman–Crippen MR) is 139 cm³/mol. The molecule has 3 aromatic rings. The van der Waals surface area contributed by atoms with Gasteiger partial charge in [0.2, 0.25) is 0 Å². The smallest absolute Gasteiger partial charge is 0.272 e. The first-order chi connectivity index (χ1) is 16.8. The third kappa shape index (κ3) is 6.23. The maximum Gasteiger partial charge on any atom is 0.272 e. The van der Waals surface area contributed by atoms with Crippen LogP contribution in [0.3, 0.4) is 0 Å². The maximum absolute atomic E-state index is 12.8. The first-order valence-corrected chi connectivity index (χ1v) is 13.6. The van der Waals surface area contributed by atoms with Gasteiger partial charge in [-0.2, -0.15) is 0 Å². The van der Waals surface area contributed by atoms with Crippen molar-refractivity contribution in [2.24, 2.45) is 5.14 Å². The highest BCUT2D eigenvalue weighted by atomic mass is 32.2. The molecule has 3 heterocycles. The van der Waals surface area contributed by atoms with E-state index in [0.29, 0.717) is 27.2 Å². The SMILES string of the molecule is CCN1CCN(C(=O)c2ccc(-c3csc(Nc4cc(S(N)=O)ccc4OC(C)C)n3)cn2)CC1. The molecule has 1 unspecified atom stereocenters. The molecule has 1 amide bonds. The van der Waals surface area contributed by atoms with Crippen LogP contribution in [0, 0.1) is 0 Å². The quantitative estimate of drug-likeness (QED) is 0.473. The highest BCUT2D eigenvalue weighted by Gasteiger charge is 2.22. The lowest BCUT2D eigenvalue weighted by molar-refractivity contribution is 0.0637. The molecule has 186 valence electrons. The van der Waals surface area contributed by atoms with E-state index in [1.165, 1.54) is 11.3 Å². The number of aromatic nitrogens is 2. The van der Waals surface area contributed by atoms with E-state index < -0.39 is 11.0 Å². The highest BCUT2D eigenvalue weighted by molar-refractivity contribution is 7.82. The lowest BCUT2D eigenvalue weighted by Gasteiger charge is -2.33. The Morgan fingerprint density at radius 2 is 2.00 bits per heavy atom. The standard InChI is InChI=1S/C24H30N6O3S2/c1-4-29-9-11-30(12-10-29)23(31)19-7-5-17(14-26-19)21-15-34-24(28-21)27-20-13-18(35(25)32)6-8-22(20)33-16(2)3/h5-8,13-16H,4,9-12,25H2,1-3H3,(H,27,28). The van der Waals surface area contributed by atoms with Crippen molar-refractivity contribution >= 4 is 39.0 Å². The number of benzene rings is 1. The molecule has 0 aliphatic carbocycles. The number of amides is 1. The van der Waals surface area contributed by atoms with Crippen molar-refractivity contribution in [3.8, 4) is 17.0 Å². The zero-order chi connectivity index (χ0) is 24.9. The molecular formula is C24H30N6O3S2. The maximum atomic E-state index is 12.8. The van der Waals surface area contributed by atoms with Crippen molar-refractivity contribution < 1.29 is 13.7 Å². The molecule has 1 fully saturated rings. The number of pyridine rings is 1. The third-order valence-electron chi connectivity index (χ3n) is 5.68. The molecule has 0 bridgehead atoms. The van der Waals surface area contributed by atoms with Gasteiger partial charge in [0.1, 0.15) is 22.4 Å². The number of anilines is 2. The molecule has 4 rings (SSSR count). The van der Waals surface area contributed by atoms with Crippen LogP contribution in [0.25, 0.3) is 11.3 Å². The minimum atomic E-state index is -1.61. The number of hydrogen-bond acceptors (Lipinski definition) is 8. The number of carbonyl (C=O) groups is 1. The van der Waals surface area contributed by atoms with Crippen LogP contribution in [-0.4, -0.2) is 68.7 Å². The van der Waals surface area contributed by atoms with Gasteiger partial charge in [-0.3, -0.25) is 9.78 Å². The third-order valence-corrected chi connectivity index (χ3v) is 7.15. The molecule has 1 aliphatic heterocycles. The second kappa shape index (κ2) is 11.3.